The highest BCUT2D eigenvalue weighted by Gasteiger charge is 2.25. The first kappa shape index (κ1) is 21.8. The molecule has 5 heterocycles. The molecule has 0 unspecified atom stereocenters. The van der Waals surface area contributed by atoms with Crippen LogP contribution in [-0.2, 0) is 20.0 Å². The van der Waals surface area contributed by atoms with Gasteiger partial charge in [0.15, 0.2) is 5.13 Å². The molecule has 2 aliphatic heterocycles. The summed E-state index contributed by atoms with van der Waals surface area (Å²) in [6.07, 6.45) is 1.58. The Morgan fingerprint density at radius 2 is 1.91 bits per heavy atom. The van der Waals surface area contributed by atoms with Crippen LogP contribution in [0.2, 0.25) is 0 Å². The molecule has 0 bridgehead atoms. The van der Waals surface area contributed by atoms with E-state index in [0.29, 0.717) is 18.9 Å². The third-order valence-corrected chi connectivity index (χ3v) is 8.44. The molecule has 1 aromatic carbocycles. The van der Waals surface area contributed by atoms with E-state index in [2.05, 4.69) is 70.9 Å². The molecule has 0 atom stereocenters. The van der Waals surface area contributed by atoms with Gasteiger partial charge >= 0.3 is 0 Å². The minimum Gasteiger partial charge on any atom is -0.348 e. The van der Waals surface area contributed by atoms with Gasteiger partial charge in [0.2, 0.25) is 0 Å². The Morgan fingerprint density at radius 1 is 1.09 bits per heavy atom. The van der Waals surface area contributed by atoms with E-state index < -0.39 is 6.17 Å². The maximum atomic E-state index is 13.5. The number of anilines is 3. The summed E-state index contributed by atoms with van der Waals surface area (Å²) in [5, 5.41) is 5.73. The molecule has 4 aromatic rings. The molecule has 178 valence electrons. The highest BCUT2D eigenvalue weighted by Crippen LogP contribution is 2.34. The van der Waals surface area contributed by atoms with Crippen molar-refractivity contribution >= 4 is 49.2 Å². The number of hydrogen-bond acceptors (Lipinski definition) is 6. The van der Waals surface area contributed by atoms with E-state index in [1.807, 2.05) is 0 Å². The molecule has 2 aliphatic rings. The molecule has 0 saturated carbocycles. The third kappa shape index (κ3) is 3.82. The van der Waals surface area contributed by atoms with E-state index in [9.17, 15) is 4.39 Å². The summed E-state index contributed by atoms with van der Waals surface area (Å²) in [6, 6.07) is 11.1. The average molecular weight is 479 g/mol. The second-order valence-corrected chi connectivity index (χ2v) is 10.8. The smallest absolute Gasteiger partial charge is 0.186 e. The molecule has 0 amide bonds. The highest BCUT2D eigenvalue weighted by molar-refractivity contribution is 7.22. The Balaban J connectivity index is 1.26. The van der Waals surface area contributed by atoms with Crippen LogP contribution in [0.5, 0.6) is 0 Å². The van der Waals surface area contributed by atoms with E-state index in [4.69, 9.17) is 9.97 Å². The van der Waals surface area contributed by atoms with Gasteiger partial charge in [-0.05, 0) is 62.6 Å². The van der Waals surface area contributed by atoms with E-state index in [1.165, 1.54) is 16.6 Å². The summed E-state index contributed by atoms with van der Waals surface area (Å²) in [7, 11) is 2.14. The Hall–Kier alpha value is -2.71. The number of piperidine rings is 1. The largest absolute Gasteiger partial charge is 0.348 e. The summed E-state index contributed by atoms with van der Waals surface area (Å²) in [5.41, 5.74) is 5.81. The number of aryl methyl sites for hydroxylation is 1. The number of pyridine rings is 1. The number of aromatic nitrogens is 3. The predicted molar refractivity (Wildman–Crippen MR) is 139 cm³/mol. The average Bonchev–Trinajstić information content (AvgIpc) is 3.38. The first-order valence-electron chi connectivity index (χ1n) is 12.2. The van der Waals surface area contributed by atoms with Gasteiger partial charge in [0.1, 0.15) is 17.6 Å². The number of thiazole rings is 1. The van der Waals surface area contributed by atoms with Gasteiger partial charge in [0.25, 0.3) is 0 Å². The minimum atomic E-state index is -0.671. The van der Waals surface area contributed by atoms with Crippen LogP contribution in [0.15, 0.2) is 30.3 Å². The number of alkyl halides is 1. The number of nitrogens with zero attached hydrogens (tertiary/aromatic N) is 5. The summed E-state index contributed by atoms with van der Waals surface area (Å²) in [5.74, 6) is 0.839. The summed E-state index contributed by atoms with van der Waals surface area (Å²) in [4.78, 5) is 14.6. The number of rotatable bonds is 4. The van der Waals surface area contributed by atoms with Gasteiger partial charge in [-0.25, -0.2) is 14.4 Å². The number of halogens is 1. The number of nitrogens with one attached hydrogen (secondary N) is 1. The van der Waals surface area contributed by atoms with Gasteiger partial charge in [0, 0.05) is 62.5 Å². The van der Waals surface area contributed by atoms with Crippen LogP contribution >= 0.6 is 11.3 Å². The zero-order valence-electron chi connectivity index (χ0n) is 20.0. The van der Waals surface area contributed by atoms with Crippen LogP contribution in [0.25, 0.3) is 21.3 Å². The number of benzene rings is 1. The van der Waals surface area contributed by atoms with Crippen molar-refractivity contribution in [3.63, 3.8) is 0 Å². The van der Waals surface area contributed by atoms with Gasteiger partial charge in [-0.1, -0.05) is 11.3 Å². The lowest BCUT2D eigenvalue weighted by atomic mass is 10.0. The van der Waals surface area contributed by atoms with Crippen LogP contribution in [0.4, 0.5) is 21.0 Å². The predicted octanol–water partition coefficient (Wildman–Crippen LogP) is 5.63. The molecule has 0 radical (unpaired) electrons. The molecule has 6 nitrogen and oxygen atoms in total. The zero-order valence-corrected chi connectivity index (χ0v) is 20.8. The lowest BCUT2D eigenvalue weighted by Gasteiger charge is -2.30. The molecule has 0 spiro atoms. The number of fused-ring (bicyclic) bond motifs is 4. The maximum Gasteiger partial charge on any atom is 0.186 e. The molecule has 0 aliphatic carbocycles. The van der Waals surface area contributed by atoms with Crippen LogP contribution < -0.4 is 10.2 Å². The molecule has 1 fully saturated rings. The fraction of sp³-hybridized carbons (Fsp3) is 0.462. The van der Waals surface area contributed by atoms with Crippen molar-refractivity contribution < 1.29 is 4.39 Å². The SMILES string of the molecule is CC(C)N1CCc2c(c3ccc(Nc4ccc5sc(N6CCC(F)CC6)nc5c4)nc3n2C)C1. The Labute approximate surface area is 203 Å². The van der Waals surface area contributed by atoms with Crippen molar-refractivity contribution in [1.29, 1.82) is 0 Å². The fourth-order valence-corrected chi connectivity index (χ4v) is 6.28. The Morgan fingerprint density at radius 3 is 2.71 bits per heavy atom. The van der Waals surface area contributed by atoms with Gasteiger partial charge in [-0.3, -0.25) is 4.90 Å². The van der Waals surface area contributed by atoms with E-state index >= 15 is 0 Å². The third-order valence-electron chi connectivity index (χ3n) is 7.34. The first-order chi connectivity index (χ1) is 16.5. The lowest BCUT2D eigenvalue weighted by Crippen LogP contribution is -2.36. The quantitative estimate of drug-likeness (QED) is 0.412. The molecule has 1 N–H and O–H groups in total. The van der Waals surface area contributed by atoms with Crippen molar-refractivity contribution in [2.24, 2.45) is 7.05 Å². The Bertz CT molecular complexity index is 1350. The van der Waals surface area contributed by atoms with E-state index in [-0.39, 0.29) is 0 Å². The highest BCUT2D eigenvalue weighted by atomic mass is 32.1. The topological polar surface area (TPSA) is 49.2 Å². The Kier molecular flexibility index (Phi) is 5.45. The lowest BCUT2D eigenvalue weighted by molar-refractivity contribution is 0.202. The van der Waals surface area contributed by atoms with Crippen LogP contribution in [0.3, 0.4) is 0 Å². The molecule has 1 saturated heterocycles. The van der Waals surface area contributed by atoms with Crippen molar-refractivity contribution in [3.05, 3.63) is 41.6 Å². The van der Waals surface area contributed by atoms with E-state index in [1.54, 1.807) is 11.3 Å². The minimum absolute atomic E-state index is 0.550. The second kappa shape index (κ2) is 8.50. The fourth-order valence-electron chi connectivity index (χ4n) is 5.28. The monoisotopic (exact) mass is 478 g/mol. The van der Waals surface area contributed by atoms with Crippen molar-refractivity contribution in [1.82, 2.24) is 19.4 Å². The number of hydrogen-bond donors (Lipinski definition) is 1. The standard InChI is InChI=1S/C26H31FN6S/c1-16(2)33-13-10-22-20(15-33)19-5-7-24(30-25(19)31(22)3)28-18-4-6-23-21(14-18)29-26(34-23)32-11-8-17(27)9-12-32/h4-7,14,16-17H,8-13,15H2,1-3H3,(H,28,30). The van der Waals surface area contributed by atoms with Crippen LogP contribution in [-0.4, -0.2) is 51.3 Å². The molecule has 8 heteroatoms. The van der Waals surface area contributed by atoms with Gasteiger partial charge in [0.05, 0.1) is 10.2 Å². The van der Waals surface area contributed by atoms with Gasteiger partial charge in [-0.15, -0.1) is 0 Å². The summed E-state index contributed by atoms with van der Waals surface area (Å²) in [6.45, 7) is 8.11. The van der Waals surface area contributed by atoms with Crippen LogP contribution in [0, 0.1) is 0 Å². The molecule has 3 aromatic heterocycles. The second-order valence-electron chi connectivity index (χ2n) is 9.83. The molecule has 34 heavy (non-hydrogen) atoms. The van der Waals surface area contributed by atoms with Gasteiger partial charge < -0.3 is 14.8 Å². The van der Waals surface area contributed by atoms with Crippen molar-refractivity contribution in [2.45, 2.75) is 51.9 Å². The molecule has 6 rings (SSSR count). The normalized spacial score (nSPS) is 17.7. The first-order valence-corrected chi connectivity index (χ1v) is 13.1. The van der Waals surface area contributed by atoms with Crippen molar-refractivity contribution in [3.8, 4) is 0 Å². The van der Waals surface area contributed by atoms with Gasteiger partial charge in [-0.2, -0.15) is 0 Å². The molecular formula is C26H31FN6S. The summed E-state index contributed by atoms with van der Waals surface area (Å²) < 4.78 is 16.9. The summed E-state index contributed by atoms with van der Waals surface area (Å²) >= 11 is 1.68. The van der Waals surface area contributed by atoms with Crippen LogP contribution in [0.1, 0.15) is 37.9 Å². The van der Waals surface area contributed by atoms with E-state index in [0.717, 1.165) is 65.1 Å². The molecular weight excluding hydrogens is 447 g/mol. The zero-order chi connectivity index (χ0) is 23.4. The van der Waals surface area contributed by atoms with Crippen molar-refractivity contribution in [2.75, 3.05) is 29.9 Å². The maximum absolute atomic E-state index is 13.5.